The zero-order valence-corrected chi connectivity index (χ0v) is 10.7. The van der Waals surface area contributed by atoms with E-state index in [1.807, 2.05) is 0 Å². The van der Waals surface area contributed by atoms with Gasteiger partial charge in [0.1, 0.15) is 5.15 Å². The van der Waals surface area contributed by atoms with Gasteiger partial charge >= 0.3 is 0 Å². The first-order chi connectivity index (χ1) is 8.09. The van der Waals surface area contributed by atoms with Crippen LogP contribution in [-0.4, -0.2) is 10.8 Å². The lowest BCUT2D eigenvalue weighted by Crippen LogP contribution is -2.02. The highest BCUT2D eigenvalue weighted by molar-refractivity contribution is 6.44. The van der Waals surface area contributed by atoms with Crippen LogP contribution in [0.5, 0.6) is 0 Å². The molecule has 2 nitrogen and oxygen atoms in total. The fourth-order valence-corrected chi connectivity index (χ4v) is 1.94. The average molecular weight is 287 g/mol. The first-order valence-corrected chi connectivity index (χ1v) is 5.83. The Labute approximate surface area is 113 Å². The van der Waals surface area contributed by atoms with Gasteiger partial charge in [0.05, 0.1) is 10.0 Å². The second-order valence-electron chi connectivity index (χ2n) is 3.30. The van der Waals surface area contributed by atoms with Crippen LogP contribution >= 0.6 is 34.8 Å². The van der Waals surface area contributed by atoms with Crippen molar-refractivity contribution in [2.45, 2.75) is 0 Å². The maximum Gasteiger partial charge on any atom is 0.194 e. The van der Waals surface area contributed by atoms with E-state index in [1.54, 1.807) is 24.3 Å². The Kier molecular flexibility index (Phi) is 3.67. The second-order valence-corrected chi connectivity index (χ2v) is 4.47. The van der Waals surface area contributed by atoms with Crippen molar-refractivity contribution in [1.82, 2.24) is 4.98 Å². The van der Waals surface area contributed by atoms with Crippen molar-refractivity contribution in [3.63, 3.8) is 0 Å². The van der Waals surface area contributed by atoms with E-state index in [-0.39, 0.29) is 16.0 Å². The van der Waals surface area contributed by atoms with E-state index in [2.05, 4.69) is 4.98 Å². The molecule has 0 bridgehead atoms. The van der Waals surface area contributed by atoms with Crippen LogP contribution in [0.1, 0.15) is 15.9 Å². The lowest BCUT2D eigenvalue weighted by molar-refractivity contribution is 0.103. The number of halogens is 3. The molecular weight excluding hydrogens is 280 g/mol. The molecule has 0 aliphatic rings. The molecule has 0 aliphatic carbocycles. The molecule has 0 radical (unpaired) electrons. The molecule has 5 heteroatoms. The Hall–Kier alpha value is -1.09. The fourth-order valence-electron chi connectivity index (χ4n) is 1.38. The standard InChI is InChI=1S/C12H6Cl3NO/c13-9-3-1-2-8(11(9)15)12(17)7-4-5-16-10(14)6-7/h1-6H. The van der Waals surface area contributed by atoms with Gasteiger partial charge in [0.2, 0.25) is 0 Å². The number of hydrogen-bond donors (Lipinski definition) is 0. The number of carbonyl (C=O) groups is 1. The highest BCUT2D eigenvalue weighted by Crippen LogP contribution is 2.27. The average Bonchev–Trinajstić information content (AvgIpc) is 2.32. The molecule has 86 valence electrons. The van der Waals surface area contributed by atoms with Crippen LogP contribution in [0.2, 0.25) is 15.2 Å². The molecule has 0 amide bonds. The highest BCUT2D eigenvalue weighted by Gasteiger charge is 2.14. The Balaban J connectivity index is 2.48. The van der Waals surface area contributed by atoms with Crippen molar-refractivity contribution in [3.05, 3.63) is 62.9 Å². The van der Waals surface area contributed by atoms with Crippen LogP contribution in [0.25, 0.3) is 0 Å². The van der Waals surface area contributed by atoms with E-state index in [1.165, 1.54) is 12.3 Å². The van der Waals surface area contributed by atoms with Crippen LogP contribution in [0, 0.1) is 0 Å². The first-order valence-electron chi connectivity index (χ1n) is 4.70. The fraction of sp³-hybridized carbons (Fsp3) is 0. The number of ketones is 1. The minimum absolute atomic E-state index is 0.234. The Morgan fingerprint density at radius 3 is 2.59 bits per heavy atom. The van der Waals surface area contributed by atoms with E-state index in [9.17, 15) is 4.79 Å². The Bertz CT molecular complexity index is 584. The minimum Gasteiger partial charge on any atom is -0.289 e. The van der Waals surface area contributed by atoms with E-state index in [4.69, 9.17) is 34.8 Å². The van der Waals surface area contributed by atoms with Gasteiger partial charge in [-0.1, -0.05) is 40.9 Å². The van der Waals surface area contributed by atoms with Gasteiger partial charge in [-0.05, 0) is 24.3 Å². The number of rotatable bonds is 2. The van der Waals surface area contributed by atoms with Gasteiger partial charge in [0.15, 0.2) is 5.78 Å². The van der Waals surface area contributed by atoms with Gasteiger partial charge in [0, 0.05) is 17.3 Å². The number of pyridine rings is 1. The predicted octanol–water partition coefficient (Wildman–Crippen LogP) is 4.27. The molecule has 0 aliphatic heterocycles. The van der Waals surface area contributed by atoms with Gasteiger partial charge in [0.25, 0.3) is 0 Å². The summed E-state index contributed by atoms with van der Waals surface area (Å²) < 4.78 is 0. The van der Waals surface area contributed by atoms with Crippen molar-refractivity contribution in [3.8, 4) is 0 Å². The molecule has 0 spiro atoms. The smallest absolute Gasteiger partial charge is 0.194 e. The van der Waals surface area contributed by atoms with Crippen molar-refractivity contribution in [1.29, 1.82) is 0 Å². The molecule has 0 saturated heterocycles. The van der Waals surface area contributed by atoms with E-state index < -0.39 is 0 Å². The lowest BCUT2D eigenvalue weighted by atomic mass is 10.0. The van der Waals surface area contributed by atoms with E-state index in [0.29, 0.717) is 16.1 Å². The molecule has 0 unspecified atom stereocenters. The molecule has 0 atom stereocenters. The molecule has 1 aromatic carbocycles. The summed E-state index contributed by atoms with van der Waals surface area (Å²) in [5.74, 6) is -0.234. The summed E-state index contributed by atoms with van der Waals surface area (Å²) in [6.45, 7) is 0. The van der Waals surface area contributed by atoms with Crippen molar-refractivity contribution < 1.29 is 4.79 Å². The summed E-state index contributed by atoms with van der Waals surface area (Å²) in [7, 11) is 0. The third kappa shape index (κ3) is 2.60. The summed E-state index contributed by atoms with van der Waals surface area (Å²) in [4.78, 5) is 16.0. The zero-order valence-electron chi connectivity index (χ0n) is 8.45. The number of aromatic nitrogens is 1. The first kappa shape index (κ1) is 12.4. The molecule has 2 rings (SSSR count). The van der Waals surface area contributed by atoms with Crippen molar-refractivity contribution in [2.75, 3.05) is 0 Å². The quantitative estimate of drug-likeness (QED) is 0.609. The molecule has 0 fully saturated rings. The monoisotopic (exact) mass is 285 g/mol. The minimum atomic E-state index is -0.234. The van der Waals surface area contributed by atoms with Crippen LogP contribution in [0.3, 0.4) is 0 Å². The molecule has 0 saturated carbocycles. The summed E-state index contributed by atoms with van der Waals surface area (Å²) in [6, 6.07) is 7.97. The van der Waals surface area contributed by atoms with Gasteiger partial charge < -0.3 is 0 Å². The maximum absolute atomic E-state index is 12.1. The lowest BCUT2D eigenvalue weighted by Gasteiger charge is -2.04. The van der Waals surface area contributed by atoms with Crippen LogP contribution in [-0.2, 0) is 0 Å². The SMILES string of the molecule is O=C(c1ccnc(Cl)c1)c1cccc(Cl)c1Cl. The topological polar surface area (TPSA) is 30.0 Å². The largest absolute Gasteiger partial charge is 0.289 e. The molecule has 1 aromatic heterocycles. The van der Waals surface area contributed by atoms with Crippen LogP contribution in [0.15, 0.2) is 36.5 Å². The van der Waals surface area contributed by atoms with Gasteiger partial charge in [-0.2, -0.15) is 0 Å². The second kappa shape index (κ2) is 5.05. The number of carbonyl (C=O) groups excluding carboxylic acids is 1. The van der Waals surface area contributed by atoms with Crippen molar-refractivity contribution in [2.24, 2.45) is 0 Å². The number of benzene rings is 1. The highest BCUT2D eigenvalue weighted by atomic mass is 35.5. The molecule has 17 heavy (non-hydrogen) atoms. The molecular formula is C12H6Cl3NO. The van der Waals surface area contributed by atoms with E-state index >= 15 is 0 Å². The zero-order chi connectivity index (χ0) is 12.4. The summed E-state index contributed by atoms with van der Waals surface area (Å²) in [5.41, 5.74) is 0.774. The molecule has 2 aromatic rings. The number of nitrogens with zero attached hydrogens (tertiary/aromatic N) is 1. The maximum atomic E-state index is 12.1. The van der Waals surface area contributed by atoms with E-state index in [0.717, 1.165) is 0 Å². The molecule has 1 heterocycles. The molecule has 0 N–H and O–H groups in total. The predicted molar refractivity (Wildman–Crippen MR) is 69.1 cm³/mol. The van der Waals surface area contributed by atoms with Gasteiger partial charge in [-0.3, -0.25) is 4.79 Å². The van der Waals surface area contributed by atoms with Gasteiger partial charge in [-0.15, -0.1) is 0 Å². The Morgan fingerprint density at radius 2 is 1.88 bits per heavy atom. The normalized spacial score (nSPS) is 10.3. The Morgan fingerprint density at radius 1 is 1.12 bits per heavy atom. The summed E-state index contributed by atoms with van der Waals surface area (Å²) in [5, 5.41) is 0.846. The number of hydrogen-bond acceptors (Lipinski definition) is 2. The summed E-state index contributed by atoms with van der Waals surface area (Å²) in [6.07, 6.45) is 1.47. The van der Waals surface area contributed by atoms with Gasteiger partial charge in [-0.25, -0.2) is 4.98 Å². The van der Waals surface area contributed by atoms with Crippen molar-refractivity contribution >= 4 is 40.6 Å². The summed E-state index contributed by atoms with van der Waals surface area (Å²) >= 11 is 17.6. The van der Waals surface area contributed by atoms with Crippen LogP contribution in [0.4, 0.5) is 0 Å². The third-order valence-corrected chi connectivity index (χ3v) is 3.21. The van der Waals surface area contributed by atoms with Crippen LogP contribution < -0.4 is 0 Å². The third-order valence-electron chi connectivity index (χ3n) is 2.18.